The molecule has 4 aromatic rings. The maximum atomic E-state index is 12.9. The summed E-state index contributed by atoms with van der Waals surface area (Å²) in [7, 11) is 0. The third-order valence-corrected chi connectivity index (χ3v) is 5.91. The number of carbonyl (C=O) groups is 1. The number of benzene rings is 2. The number of likely N-dealkylation sites (tertiary alicyclic amines) is 1. The normalized spacial score (nSPS) is 14.4. The number of amides is 1. The predicted octanol–water partition coefficient (Wildman–Crippen LogP) is 2.33. The first-order valence-electron chi connectivity index (χ1n) is 10.5. The molecule has 5 N–H and O–H groups in total. The number of β-amino-alcohol motifs (C(OH)–C–C–N with tert-alkyl or cyclic N) is 1. The van der Waals surface area contributed by atoms with E-state index in [4.69, 9.17) is 17.3 Å². The van der Waals surface area contributed by atoms with Crippen LogP contribution in [-0.2, 0) is 0 Å². The molecule has 0 bridgehead atoms. The number of anilines is 1. The number of fused-ring (bicyclic) bond motifs is 1. The van der Waals surface area contributed by atoms with Crippen LogP contribution in [0.25, 0.3) is 33.4 Å². The molecule has 1 saturated heterocycles. The number of hydrogen-bond donors (Lipinski definition) is 4. The van der Waals surface area contributed by atoms with Gasteiger partial charge in [0.05, 0.1) is 34.2 Å². The highest BCUT2D eigenvalue weighted by molar-refractivity contribution is 6.35. The molecule has 0 aliphatic carbocycles. The number of aromatic amines is 1. The minimum Gasteiger partial charge on any atom is -0.390 e. The van der Waals surface area contributed by atoms with E-state index in [-0.39, 0.29) is 17.6 Å². The summed E-state index contributed by atoms with van der Waals surface area (Å²) in [6.45, 7) is 2.28. The van der Waals surface area contributed by atoms with Gasteiger partial charge in [-0.3, -0.25) is 14.8 Å². The van der Waals surface area contributed by atoms with E-state index < -0.39 is 5.91 Å². The Labute approximate surface area is 194 Å². The van der Waals surface area contributed by atoms with Crippen LogP contribution in [0.4, 0.5) is 5.82 Å². The van der Waals surface area contributed by atoms with Crippen LogP contribution < -0.4 is 11.1 Å². The number of rotatable bonds is 6. The molecule has 1 amide bonds. The highest BCUT2D eigenvalue weighted by Crippen LogP contribution is 2.34. The van der Waals surface area contributed by atoms with E-state index in [1.165, 1.54) is 0 Å². The number of nitrogen functional groups attached to an aromatic ring is 1. The Bertz CT molecular complexity index is 1320. The van der Waals surface area contributed by atoms with E-state index >= 15 is 0 Å². The van der Waals surface area contributed by atoms with E-state index in [0.717, 1.165) is 16.5 Å². The van der Waals surface area contributed by atoms with Gasteiger partial charge in [-0.25, -0.2) is 9.97 Å². The second kappa shape index (κ2) is 8.78. The van der Waals surface area contributed by atoms with Crippen molar-refractivity contribution in [3.63, 3.8) is 0 Å². The summed E-state index contributed by atoms with van der Waals surface area (Å²) in [5.74, 6) is -0.359. The number of aliphatic hydroxyl groups is 1. The first-order chi connectivity index (χ1) is 16.0. The van der Waals surface area contributed by atoms with Crippen molar-refractivity contribution >= 4 is 34.2 Å². The second-order valence-corrected chi connectivity index (χ2v) is 8.39. The van der Waals surface area contributed by atoms with Gasteiger partial charge >= 0.3 is 0 Å². The van der Waals surface area contributed by atoms with Gasteiger partial charge in [0.2, 0.25) is 0 Å². The second-order valence-electron chi connectivity index (χ2n) is 7.98. The maximum absolute atomic E-state index is 12.9. The van der Waals surface area contributed by atoms with Crippen molar-refractivity contribution in [2.45, 2.75) is 6.10 Å². The number of nitrogens with one attached hydrogen (secondary N) is 2. The van der Waals surface area contributed by atoms with Crippen LogP contribution in [0.1, 0.15) is 10.5 Å². The van der Waals surface area contributed by atoms with E-state index in [1.807, 2.05) is 41.3 Å². The number of hydrogen-bond acceptors (Lipinski definition) is 7. The Morgan fingerprint density at radius 1 is 1.18 bits per heavy atom. The summed E-state index contributed by atoms with van der Waals surface area (Å²) in [6.07, 6.45) is 1.40. The molecule has 9 nitrogen and oxygen atoms in total. The van der Waals surface area contributed by atoms with Gasteiger partial charge in [-0.05, 0) is 12.1 Å². The summed E-state index contributed by atoms with van der Waals surface area (Å²) in [5.41, 5.74) is 9.52. The molecule has 0 radical (unpaired) electrons. The summed E-state index contributed by atoms with van der Waals surface area (Å²) in [6, 6.07) is 13.2. The lowest BCUT2D eigenvalue weighted by Crippen LogP contribution is -2.52. The topological polar surface area (TPSA) is 133 Å². The highest BCUT2D eigenvalue weighted by Gasteiger charge is 2.24. The summed E-state index contributed by atoms with van der Waals surface area (Å²) in [5, 5.41) is 20.5. The fourth-order valence-electron chi connectivity index (χ4n) is 3.90. The molecule has 0 saturated carbocycles. The number of aliphatic hydroxyl groups excluding tert-OH is 1. The standard InChI is InChI=1S/C23H22ClN7O2/c24-17-9-14(8-15-10-27-30-18(15)17)20-19(13-4-2-1-3-5-13)29-22(25)21(28-20)23(33)26-6-7-31-11-16(32)12-31/h1-5,8-10,16,32H,6-7,11-12H2,(H2,25,29)(H,26,33)(H,27,30). The molecule has 0 spiro atoms. The SMILES string of the molecule is Nc1nc(-c2ccccc2)c(-c2cc(Cl)c3[nH]ncc3c2)nc1C(=O)NCCN1CC(O)C1. The Morgan fingerprint density at radius 2 is 1.94 bits per heavy atom. The van der Waals surface area contributed by atoms with Gasteiger partial charge in [0.15, 0.2) is 11.5 Å². The van der Waals surface area contributed by atoms with E-state index in [1.54, 1.807) is 12.3 Å². The minimum atomic E-state index is -0.405. The number of nitrogens with zero attached hydrogens (tertiary/aromatic N) is 4. The third-order valence-electron chi connectivity index (χ3n) is 5.61. The first-order valence-corrected chi connectivity index (χ1v) is 10.9. The van der Waals surface area contributed by atoms with Gasteiger partial charge in [-0.2, -0.15) is 5.10 Å². The molecule has 1 aliphatic rings. The number of carbonyl (C=O) groups excluding carboxylic acids is 1. The Morgan fingerprint density at radius 3 is 2.70 bits per heavy atom. The summed E-state index contributed by atoms with van der Waals surface area (Å²) >= 11 is 6.47. The molecule has 33 heavy (non-hydrogen) atoms. The van der Waals surface area contributed by atoms with Crippen LogP contribution in [0.15, 0.2) is 48.7 Å². The van der Waals surface area contributed by atoms with Gasteiger partial charge in [0.1, 0.15) is 0 Å². The fraction of sp³-hybridized carbons (Fsp3) is 0.217. The lowest BCUT2D eigenvalue weighted by Gasteiger charge is -2.35. The molecule has 10 heteroatoms. The molecule has 2 aromatic heterocycles. The quantitative estimate of drug-likeness (QED) is 0.345. The van der Waals surface area contributed by atoms with Crippen LogP contribution in [0.3, 0.4) is 0 Å². The average Bonchev–Trinajstić information content (AvgIpc) is 3.27. The van der Waals surface area contributed by atoms with Crippen LogP contribution in [0.5, 0.6) is 0 Å². The number of H-pyrrole nitrogens is 1. The zero-order chi connectivity index (χ0) is 22.9. The van der Waals surface area contributed by atoms with Crippen molar-refractivity contribution in [3.05, 3.63) is 59.4 Å². The zero-order valence-corrected chi connectivity index (χ0v) is 18.4. The van der Waals surface area contributed by atoms with Crippen molar-refractivity contribution < 1.29 is 9.90 Å². The first kappa shape index (κ1) is 21.3. The molecule has 1 fully saturated rings. The third kappa shape index (κ3) is 4.25. The van der Waals surface area contributed by atoms with Crippen molar-refractivity contribution in [1.82, 2.24) is 30.4 Å². The lowest BCUT2D eigenvalue weighted by molar-refractivity contribution is 0.00336. The van der Waals surface area contributed by atoms with E-state index in [0.29, 0.717) is 48.2 Å². The summed E-state index contributed by atoms with van der Waals surface area (Å²) in [4.78, 5) is 24.1. The molecule has 2 aromatic carbocycles. The van der Waals surface area contributed by atoms with Crippen molar-refractivity contribution in [2.24, 2.45) is 0 Å². The van der Waals surface area contributed by atoms with Gasteiger partial charge in [0.25, 0.3) is 5.91 Å². The van der Waals surface area contributed by atoms with Crippen molar-refractivity contribution in [3.8, 4) is 22.5 Å². The lowest BCUT2D eigenvalue weighted by atomic mass is 10.0. The number of aromatic nitrogens is 4. The van der Waals surface area contributed by atoms with Crippen LogP contribution in [0, 0.1) is 0 Å². The van der Waals surface area contributed by atoms with Crippen molar-refractivity contribution in [2.75, 3.05) is 31.9 Å². The fourth-order valence-corrected chi connectivity index (χ4v) is 4.17. The van der Waals surface area contributed by atoms with Gasteiger partial charge in [0, 0.05) is 42.7 Å². The van der Waals surface area contributed by atoms with Crippen LogP contribution >= 0.6 is 11.6 Å². The predicted molar refractivity (Wildman–Crippen MR) is 127 cm³/mol. The van der Waals surface area contributed by atoms with Crippen molar-refractivity contribution in [1.29, 1.82) is 0 Å². The number of nitrogens with two attached hydrogens (primary N) is 1. The smallest absolute Gasteiger partial charge is 0.273 e. The van der Waals surface area contributed by atoms with Crippen LogP contribution in [-0.4, -0.2) is 68.4 Å². The van der Waals surface area contributed by atoms with Crippen LogP contribution in [0.2, 0.25) is 5.02 Å². The monoisotopic (exact) mass is 463 g/mol. The number of halogens is 1. The zero-order valence-electron chi connectivity index (χ0n) is 17.6. The Balaban J connectivity index is 1.52. The van der Waals surface area contributed by atoms with E-state index in [2.05, 4.69) is 25.5 Å². The Hall–Kier alpha value is -3.53. The van der Waals surface area contributed by atoms with Gasteiger partial charge in [-0.1, -0.05) is 41.9 Å². The molecule has 3 heterocycles. The molecule has 0 unspecified atom stereocenters. The molecular weight excluding hydrogens is 442 g/mol. The molecule has 0 atom stereocenters. The largest absolute Gasteiger partial charge is 0.390 e. The van der Waals surface area contributed by atoms with Gasteiger partial charge in [-0.15, -0.1) is 0 Å². The molecular formula is C23H22ClN7O2. The average molecular weight is 464 g/mol. The molecule has 1 aliphatic heterocycles. The van der Waals surface area contributed by atoms with Gasteiger partial charge < -0.3 is 16.2 Å². The Kier molecular flexibility index (Phi) is 5.67. The highest BCUT2D eigenvalue weighted by atomic mass is 35.5. The minimum absolute atomic E-state index is 0.0463. The summed E-state index contributed by atoms with van der Waals surface area (Å²) < 4.78 is 0. The maximum Gasteiger partial charge on any atom is 0.273 e. The molecule has 5 rings (SSSR count). The molecule has 168 valence electrons. The van der Waals surface area contributed by atoms with E-state index in [9.17, 15) is 9.90 Å².